The molecule has 0 radical (unpaired) electrons. The molecule has 0 heterocycles. The maximum atomic E-state index is 12.3. The van der Waals surface area contributed by atoms with E-state index in [0.717, 1.165) is 12.1 Å². The molecule has 0 saturated heterocycles. The predicted molar refractivity (Wildman–Crippen MR) is 47.0 cm³/mol. The van der Waals surface area contributed by atoms with Gasteiger partial charge in [0.15, 0.2) is 0 Å². The topological polar surface area (TPSA) is 41.5 Å². The molecule has 0 aliphatic heterocycles. The van der Waals surface area contributed by atoms with Crippen molar-refractivity contribution in [2.75, 3.05) is 7.11 Å². The van der Waals surface area contributed by atoms with Gasteiger partial charge in [0.2, 0.25) is 0 Å². The Labute approximate surface area is 84.4 Å². The lowest BCUT2D eigenvalue weighted by Crippen LogP contribution is -2.12. The Hall–Kier alpha value is -1.27. The van der Waals surface area contributed by atoms with Crippen molar-refractivity contribution >= 4 is 0 Å². The summed E-state index contributed by atoms with van der Waals surface area (Å²) in [5, 5.41) is 9.02. The lowest BCUT2D eigenvalue weighted by molar-refractivity contribution is -0.138. The van der Waals surface area contributed by atoms with E-state index in [0.29, 0.717) is 5.56 Å². The molecule has 0 unspecified atom stereocenters. The number of hydrogen-bond donors (Lipinski definition) is 2. The summed E-state index contributed by atoms with van der Waals surface area (Å²) < 4.78 is 37.0. The zero-order valence-electron chi connectivity index (χ0n) is 7.93. The van der Waals surface area contributed by atoms with Crippen molar-refractivity contribution in [2.45, 2.75) is 12.7 Å². The van der Waals surface area contributed by atoms with E-state index in [1.165, 1.54) is 13.2 Å². The summed E-state index contributed by atoms with van der Waals surface area (Å²) in [5.41, 5.74) is 1.75. The summed E-state index contributed by atoms with van der Waals surface area (Å²) in [7, 11) is 1.37. The molecule has 6 heteroatoms. The standard InChI is InChI=1S/C9H10F3NO2/c1-15-13-5-6-2-3-8(14)7(4-6)9(10,11)12/h2-4,13-14H,5H2,1H3. The molecule has 0 spiro atoms. The quantitative estimate of drug-likeness (QED) is 0.767. The smallest absolute Gasteiger partial charge is 0.419 e. The van der Waals surface area contributed by atoms with Crippen LogP contribution in [0.15, 0.2) is 18.2 Å². The van der Waals surface area contributed by atoms with Gasteiger partial charge in [-0.15, -0.1) is 0 Å². The van der Waals surface area contributed by atoms with E-state index >= 15 is 0 Å². The number of benzene rings is 1. The molecule has 0 aromatic heterocycles. The van der Waals surface area contributed by atoms with Crippen LogP contribution >= 0.6 is 0 Å². The van der Waals surface area contributed by atoms with Gasteiger partial charge in [-0.2, -0.15) is 18.7 Å². The highest BCUT2D eigenvalue weighted by Gasteiger charge is 2.33. The van der Waals surface area contributed by atoms with Gasteiger partial charge in [0.05, 0.1) is 12.7 Å². The Morgan fingerprint density at radius 3 is 2.60 bits per heavy atom. The van der Waals surface area contributed by atoms with E-state index in [2.05, 4.69) is 10.3 Å². The van der Waals surface area contributed by atoms with Crippen LogP contribution in [0.3, 0.4) is 0 Å². The van der Waals surface area contributed by atoms with Gasteiger partial charge in [-0.3, -0.25) is 0 Å². The Bertz CT molecular complexity index is 339. The highest BCUT2D eigenvalue weighted by Crippen LogP contribution is 2.35. The van der Waals surface area contributed by atoms with Crippen LogP contribution in [0, 0.1) is 0 Å². The van der Waals surface area contributed by atoms with E-state index < -0.39 is 17.5 Å². The molecule has 15 heavy (non-hydrogen) atoms. The summed E-state index contributed by atoms with van der Waals surface area (Å²) in [6.45, 7) is 0.139. The number of hydroxylamine groups is 1. The molecule has 0 amide bonds. The third-order valence-electron chi connectivity index (χ3n) is 1.79. The minimum Gasteiger partial charge on any atom is -0.507 e. The van der Waals surface area contributed by atoms with Gasteiger partial charge in [0, 0.05) is 6.54 Å². The highest BCUT2D eigenvalue weighted by atomic mass is 19.4. The first-order valence-corrected chi connectivity index (χ1v) is 4.10. The van der Waals surface area contributed by atoms with Gasteiger partial charge < -0.3 is 9.94 Å². The van der Waals surface area contributed by atoms with Gasteiger partial charge in [-0.1, -0.05) is 6.07 Å². The molecule has 0 atom stereocenters. The largest absolute Gasteiger partial charge is 0.507 e. The van der Waals surface area contributed by atoms with Crippen molar-refractivity contribution in [2.24, 2.45) is 0 Å². The SMILES string of the molecule is CONCc1ccc(O)c(C(F)(F)F)c1. The first-order chi connectivity index (χ1) is 6.95. The highest BCUT2D eigenvalue weighted by molar-refractivity contribution is 5.38. The molecule has 3 nitrogen and oxygen atoms in total. The van der Waals surface area contributed by atoms with Crippen LogP contribution in [0.25, 0.3) is 0 Å². The number of hydrogen-bond acceptors (Lipinski definition) is 3. The second-order valence-electron chi connectivity index (χ2n) is 2.87. The molecular formula is C9H10F3NO2. The summed E-state index contributed by atoms with van der Waals surface area (Å²) in [5.74, 6) is -0.774. The van der Waals surface area contributed by atoms with Crippen LogP contribution in [0.1, 0.15) is 11.1 Å². The Morgan fingerprint density at radius 1 is 1.40 bits per heavy atom. The van der Waals surface area contributed by atoms with Crippen molar-refractivity contribution in [1.82, 2.24) is 5.48 Å². The molecule has 0 fully saturated rings. The molecular weight excluding hydrogens is 211 g/mol. The van der Waals surface area contributed by atoms with Crippen molar-refractivity contribution in [3.05, 3.63) is 29.3 Å². The molecule has 0 aliphatic carbocycles. The van der Waals surface area contributed by atoms with Gasteiger partial charge >= 0.3 is 6.18 Å². The van der Waals surface area contributed by atoms with Gasteiger partial charge in [-0.25, -0.2) is 0 Å². The average Bonchev–Trinajstić information content (AvgIpc) is 2.15. The summed E-state index contributed by atoms with van der Waals surface area (Å²) in [4.78, 5) is 4.51. The summed E-state index contributed by atoms with van der Waals surface area (Å²) >= 11 is 0. The lowest BCUT2D eigenvalue weighted by Gasteiger charge is -2.10. The van der Waals surface area contributed by atoms with Crippen LogP contribution in [0.2, 0.25) is 0 Å². The van der Waals surface area contributed by atoms with E-state index in [1.54, 1.807) is 0 Å². The van der Waals surface area contributed by atoms with E-state index in [4.69, 9.17) is 5.11 Å². The number of alkyl halides is 3. The molecule has 1 aromatic carbocycles. The molecule has 1 rings (SSSR count). The average molecular weight is 221 g/mol. The lowest BCUT2D eigenvalue weighted by atomic mass is 10.1. The third kappa shape index (κ3) is 3.10. The predicted octanol–water partition coefficient (Wildman–Crippen LogP) is 2.06. The molecule has 0 bridgehead atoms. The Kier molecular flexibility index (Phi) is 3.54. The molecule has 1 aromatic rings. The van der Waals surface area contributed by atoms with E-state index in [9.17, 15) is 13.2 Å². The number of rotatable bonds is 3. The van der Waals surface area contributed by atoms with Gasteiger partial charge in [0.1, 0.15) is 5.75 Å². The van der Waals surface area contributed by atoms with Crippen molar-refractivity contribution < 1.29 is 23.1 Å². The first kappa shape index (κ1) is 11.8. The molecule has 2 N–H and O–H groups in total. The van der Waals surface area contributed by atoms with Crippen molar-refractivity contribution in [3.8, 4) is 5.75 Å². The van der Waals surface area contributed by atoms with Crippen LogP contribution < -0.4 is 5.48 Å². The minimum atomic E-state index is -4.55. The Morgan fingerprint density at radius 2 is 2.07 bits per heavy atom. The number of halogens is 3. The monoisotopic (exact) mass is 221 g/mol. The van der Waals surface area contributed by atoms with E-state index in [-0.39, 0.29) is 6.54 Å². The summed E-state index contributed by atoms with van der Waals surface area (Å²) in [6.07, 6.45) is -4.55. The molecule has 84 valence electrons. The number of aromatic hydroxyl groups is 1. The normalized spacial score (nSPS) is 11.7. The third-order valence-corrected chi connectivity index (χ3v) is 1.79. The van der Waals surface area contributed by atoms with Crippen LogP contribution in [0.4, 0.5) is 13.2 Å². The van der Waals surface area contributed by atoms with Crippen LogP contribution in [-0.4, -0.2) is 12.2 Å². The van der Waals surface area contributed by atoms with Crippen LogP contribution in [0.5, 0.6) is 5.75 Å². The zero-order chi connectivity index (χ0) is 11.5. The maximum Gasteiger partial charge on any atom is 0.419 e. The second kappa shape index (κ2) is 4.50. The second-order valence-corrected chi connectivity index (χ2v) is 2.87. The Balaban J connectivity index is 2.95. The van der Waals surface area contributed by atoms with Crippen LogP contribution in [-0.2, 0) is 17.6 Å². The van der Waals surface area contributed by atoms with E-state index in [1.807, 2.05) is 0 Å². The summed E-state index contributed by atoms with van der Waals surface area (Å²) in [6, 6.07) is 3.27. The molecule has 0 saturated carbocycles. The minimum absolute atomic E-state index is 0.139. The molecule has 0 aliphatic rings. The fourth-order valence-corrected chi connectivity index (χ4v) is 1.08. The van der Waals surface area contributed by atoms with Crippen molar-refractivity contribution in [3.63, 3.8) is 0 Å². The van der Waals surface area contributed by atoms with Gasteiger partial charge in [0.25, 0.3) is 0 Å². The fraction of sp³-hybridized carbons (Fsp3) is 0.333. The fourth-order valence-electron chi connectivity index (χ4n) is 1.08. The number of phenolic OH excluding ortho intramolecular Hbond substituents is 1. The number of nitrogens with one attached hydrogen (secondary N) is 1. The zero-order valence-corrected chi connectivity index (χ0v) is 7.93. The maximum absolute atomic E-state index is 12.3. The number of phenols is 1. The first-order valence-electron chi connectivity index (χ1n) is 4.10. The van der Waals surface area contributed by atoms with Crippen molar-refractivity contribution in [1.29, 1.82) is 0 Å². The van der Waals surface area contributed by atoms with Gasteiger partial charge in [-0.05, 0) is 17.7 Å².